The van der Waals surface area contributed by atoms with Crippen LogP contribution in [0.15, 0.2) is 0 Å². The molecule has 0 aliphatic carbocycles. The molecule has 0 aromatic rings. The monoisotopic (exact) mass is 260 g/mol. The number of alkyl halides is 1. The second kappa shape index (κ2) is 9.14. The molecule has 0 aliphatic heterocycles. The van der Waals surface area contributed by atoms with Crippen LogP contribution in [0.3, 0.4) is 0 Å². The minimum atomic E-state index is -2.93. The van der Waals surface area contributed by atoms with E-state index < -0.39 is 17.8 Å². The molecule has 14 heavy (non-hydrogen) atoms. The van der Waals surface area contributed by atoms with Crippen molar-refractivity contribution >= 4 is 11.6 Å². The van der Waals surface area contributed by atoms with E-state index in [0.29, 0.717) is 25.7 Å². The van der Waals surface area contributed by atoms with E-state index >= 15 is 0 Å². The molecule has 0 N–H and O–H groups in total. The van der Waals surface area contributed by atoms with Gasteiger partial charge in [-0.15, -0.1) is 0 Å². The molecule has 0 radical (unpaired) electrons. The molecule has 3 nitrogen and oxygen atoms in total. The van der Waals surface area contributed by atoms with Crippen LogP contribution in [0.4, 0.5) is 0 Å². The van der Waals surface area contributed by atoms with Gasteiger partial charge in [-0.25, -0.2) is 0 Å². The van der Waals surface area contributed by atoms with E-state index in [1.807, 2.05) is 20.8 Å². The molecule has 0 saturated carbocycles. The van der Waals surface area contributed by atoms with Gasteiger partial charge in [-0.3, -0.25) is 0 Å². The Kier molecular flexibility index (Phi) is 9.71. The molecule has 5 heteroatoms. The molecule has 0 aliphatic rings. The Morgan fingerprint density at radius 2 is 1.36 bits per heavy atom. The number of hydrogen-bond donors (Lipinski definition) is 0. The second-order valence-electron chi connectivity index (χ2n) is 2.77. The van der Waals surface area contributed by atoms with Crippen molar-refractivity contribution in [2.45, 2.75) is 31.9 Å². The maximum atomic E-state index is 5.70. The Labute approximate surface area is 96.8 Å². The van der Waals surface area contributed by atoms with Crippen molar-refractivity contribution in [2.75, 3.05) is 25.7 Å². The van der Waals surface area contributed by atoms with Crippen LogP contribution < -0.4 is 0 Å². The van der Waals surface area contributed by atoms with Crippen LogP contribution >= 0.6 is 11.6 Å². The van der Waals surface area contributed by atoms with Gasteiger partial charge in [0.15, 0.2) is 0 Å². The van der Waals surface area contributed by atoms with Gasteiger partial charge in [0, 0.05) is 0 Å². The van der Waals surface area contributed by atoms with Gasteiger partial charge in [0.1, 0.15) is 0 Å². The van der Waals surface area contributed by atoms with Crippen LogP contribution in [0.5, 0.6) is 0 Å². The van der Waals surface area contributed by atoms with E-state index in [0.717, 1.165) is 11.1 Å². The first kappa shape index (κ1) is 14.9. The average molecular weight is 261 g/mol. The van der Waals surface area contributed by atoms with E-state index in [2.05, 4.69) is 0 Å². The molecule has 0 atom stereocenters. The topological polar surface area (TPSA) is 27.7 Å². The summed E-state index contributed by atoms with van der Waals surface area (Å²) in [4.78, 5) is 0. The van der Waals surface area contributed by atoms with Crippen LogP contribution in [0.2, 0.25) is 4.73 Å². The first-order valence-electron chi connectivity index (χ1n) is 5.22. The van der Waals surface area contributed by atoms with Gasteiger partial charge < -0.3 is 0 Å². The first-order valence-corrected chi connectivity index (χ1v) is 8.77. The molecular weight excluding hydrogens is 239 g/mol. The van der Waals surface area contributed by atoms with Gasteiger partial charge in [0.25, 0.3) is 0 Å². The van der Waals surface area contributed by atoms with Crippen LogP contribution in [0.1, 0.15) is 27.2 Å². The van der Waals surface area contributed by atoms with Crippen molar-refractivity contribution in [3.05, 3.63) is 0 Å². The van der Waals surface area contributed by atoms with E-state index in [1.165, 1.54) is 0 Å². The summed E-state index contributed by atoms with van der Waals surface area (Å²) in [5.41, 5.74) is 0. The predicted molar refractivity (Wildman–Crippen MR) is 55.0 cm³/mol. The summed E-state index contributed by atoms with van der Waals surface area (Å²) < 4.78 is 18.0. The Bertz CT molecular complexity index is 118. The SMILES string of the molecule is CC[O][Ti]([CH2]CCCl)([O]CC)[O]CC. The fraction of sp³-hybridized carbons (Fsp3) is 1.00. The average Bonchev–Trinajstić information content (AvgIpc) is 2.16. The third kappa shape index (κ3) is 5.69. The molecule has 86 valence electrons. The molecule has 0 aromatic heterocycles. The van der Waals surface area contributed by atoms with Crippen molar-refractivity contribution in [1.29, 1.82) is 0 Å². The molecule has 0 unspecified atom stereocenters. The molecule has 0 fully saturated rings. The van der Waals surface area contributed by atoms with Gasteiger partial charge in [-0.1, -0.05) is 0 Å². The Morgan fingerprint density at radius 1 is 0.929 bits per heavy atom. The standard InChI is InChI=1S/C3H6Cl.3C2H5O.Ti/c1-2-3-4;3*1-2-3;/h1-3H2;3*2H2,1H3;/q;3*-1;+3. The van der Waals surface area contributed by atoms with E-state index in [-0.39, 0.29) is 0 Å². The molecule has 0 aromatic carbocycles. The minimum absolute atomic E-state index is 0.639. The fourth-order valence-electron chi connectivity index (χ4n) is 1.28. The Hall–Kier alpha value is 0.884. The fourth-order valence-corrected chi connectivity index (χ4v) is 5.85. The molecule has 0 saturated heterocycles. The molecule has 0 spiro atoms. The number of rotatable bonds is 9. The van der Waals surface area contributed by atoms with Crippen molar-refractivity contribution in [3.8, 4) is 0 Å². The maximum absolute atomic E-state index is 5.70. The molecule has 0 bridgehead atoms. The van der Waals surface area contributed by atoms with Crippen LogP contribution in [0, 0.1) is 0 Å². The molecule has 0 rings (SSSR count). The summed E-state index contributed by atoms with van der Waals surface area (Å²) in [5, 5.41) is 0. The van der Waals surface area contributed by atoms with Gasteiger partial charge in [0.05, 0.1) is 0 Å². The zero-order valence-electron chi connectivity index (χ0n) is 9.35. The summed E-state index contributed by atoms with van der Waals surface area (Å²) >= 11 is 2.74. The summed E-state index contributed by atoms with van der Waals surface area (Å²) in [6.07, 6.45) is 0.904. The third-order valence-electron chi connectivity index (χ3n) is 1.71. The van der Waals surface area contributed by atoms with Crippen LogP contribution in [-0.4, -0.2) is 25.7 Å². The van der Waals surface area contributed by atoms with Gasteiger partial charge in [0.2, 0.25) is 0 Å². The molecular formula is C9H21ClO3Ti. The normalized spacial score (nSPS) is 12.0. The summed E-state index contributed by atoms with van der Waals surface area (Å²) in [7, 11) is 0. The third-order valence-corrected chi connectivity index (χ3v) is 6.90. The van der Waals surface area contributed by atoms with Crippen molar-refractivity contribution in [3.63, 3.8) is 0 Å². The van der Waals surface area contributed by atoms with E-state index in [1.54, 1.807) is 0 Å². The van der Waals surface area contributed by atoms with Crippen molar-refractivity contribution < 1.29 is 27.7 Å². The molecule has 0 amide bonds. The van der Waals surface area contributed by atoms with E-state index in [4.69, 9.17) is 21.6 Å². The molecule has 0 heterocycles. The Balaban J connectivity index is 4.21. The predicted octanol–water partition coefficient (Wildman–Crippen LogP) is 3.04. The van der Waals surface area contributed by atoms with Gasteiger partial charge in [-0.2, -0.15) is 0 Å². The van der Waals surface area contributed by atoms with Gasteiger partial charge in [-0.05, 0) is 0 Å². The zero-order valence-corrected chi connectivity index (χ0v) is 11.7. The Morgan fingerprint density at radius 3 is 1.64 bits per heavy atom. The quantitative estimate of drug-likeness (QED) is 0.471. The van der Waals surface area contributed by atoms with Crippen molar-refractivity contribution in [1.82, 2.24) is 0 Å². The van der Waals surface area contributed by atoms with Crippen LogP contribution in [-0.2, 0) is 27.7 Å². The second-order valence-corrected chi connectivity index (χ2v) is 7.42. The first-order chi connectivity index (χ1) is 6.74. The summed E-state index contributed by atoms with van der Waals surface area (Å²) in [5.74, 6) is 0.639. The van der Waals surface area contributed by atoms with Gasteiger partial charge >= 0.3 is 96.9 Å². The zero-order chi connectivity index (χ0) is 10.9. The summed E-state index contributed by atoms with van der Waals surface area (Å²) in [6.45, 7) is 7.88. The van der Waals surface area contributed by atoms with Crippen LogP contribution in [0.25, 0.3) is 0 Å². The number of halogens is 1. The van der Waals surface area contributed by atoms with E-state index in [9.17, 15) is 0 Å². The number of hydrogen-bond acceptors (Lipinski definition) is 3. The van der Waals surface area contributed by atoms with Crippen molar-refractivity contribution in [2.24, 2.45) is 0 Å². The summed E-state index contributed by atoms with van der Waals surface area (Å²) in [6, 6.07) is 0.